The van der Waals surface area contributed by atoms with Gasteiger partial charge in [0.2, 0.25) is 0 Å². The van der Waals surface area contributed by atoms with E-state index in [2.05, 4.69) is 10.3 Å². The third-order valence-electron chi connectivity index (χ3n) is 3.81. The fourth-order valence-electron chi connectivity index (χ4n) is 2.58. The highest BCUT2D eigenvalue weighted by Gasteiger charge is 2.12. The summed E-state index contributed by atoms with van der Waals surface area (Å²) in [7, 11) is 0. The molecule has 0 aliphatic heterocycles. The van der Waals surface area contributed by atoms with Crippen LogP contribution in [0.5, 0.6) is 0 Å². The Morgan fingerprint density at radius 1 is 1.08 bits per heavy atom. The highest BCUT2D eigenvalue weighted by Crippen LogP contribution is 2.26. The zero-order valence-corrected chi connectivity index (χ0v) is 14.0. The molecular weight excluding hydrogens is 323 g/mol. The molecule has 1 aromatic heterocycles. The largest absolute Gasteiger partial charge is 0.396 e. The minimum Gasteiger partial charge on any atom is -0.396 e. The quantitative estimate of drug-likeness (QED) is 0.677. The number of aliphatic hydroxyl groups is 1. The van der Waals surface area contributed by atoms with Gasteiger partial charge in [-0.3, -0.25) is 0 Å². The molecule has 0 saturated heterocycles. The molecule has 2 aromatic carbocycles. The molecule has 0 spiro atoms. The number of aliphatic hydroxyl groups excluding tert-OH is 1. The molecule has 3 nitrogen and oxygen atoms in total. The fourth-order valence-corrected chi connectivity index (χ4v) is 3.42. The maximum atomic E-state index is 13.8. The van der Waals surface area contributed by atoms with E-state index in [1.807, 2.05) is 41.8 Å². The van der Waals surface area contributed by atoms with Crippen LogP contribution in [-0.4, -0.2) is 16.7 Å². The summed E-state index contributed by atoms with van der Waals surface area (Å²) in [5.41, 5.74) is 2.54. The first-order chi connectivity index (χ1) is 11.8. The molecule has 1 unspecified atom stereocenters. The van der Waals surface area contributed by atoms with Crippen LogP contribution in [0, 0.1) is 5.82 Å². The summed E-state index contributed by atoms with van der Waals surface area (Å²) in [6.07, 6.45) is 0.633. The Bertz CT molecular complexity index is 776. The molecule has 0 saturated carbocycles. The fraction of sp³-hybridized carbons (Fsp3) is 0.211. The lowest BCUT2D eigenvalue weighted by molar-refractivity contribution is 0.265. The summed E-state index contributed by atoms with van der Waals surface area (Å²) >= 11 is 1.44. The predicted octanol–water partition coefficient (Wildman–Crippen LogP) is 4.16. The van der Waals surface area contributed by atoms with Crippen molar-refractivity contribution in [2.24, 2.45) is 0 Å². The Morgan fingerprint density at radius 3 is 2.58 bits per heavy atom. The van der Waals surface area contributed by atoms with Gasteiger partial charge in [0, 0.05) is 30.1 Å². The van der Waals surface area contributed by atoms with Gasteiger partial charge in [0.15, 0.2) is 0 Å². The molecule has 0 amide bonds. The van der Waals surface area contributed by atoms with E-state index in [4.69, 9.17) is 0 Å². The molecule has 2 N–H and O–H groups in total. The summed E-state index contributed by atoms with van der Waals surface area (Å²) in [6, 6.07) is 16.8. The van der Waals surface area contributed by atoms with Crippen molar-refractivity contribution in [1.82, 2.24) is 10.3 Å². The van der Waals surface area contributed by atoms with Gasteiger partial charge in [-0.15, -0.1) is 11.3 Å². The Kier molecular flexibility index (Phi) is 5.69. The van der Waals surface area contributed by atoms with Gasteiger partial charge >= 0.3 is 0 Å². The molecule has 0 radical (unpaired) electrons. The van der Waals surface area contributed by atoms with Gasteiger partial charge < -0.3 is 10.4 Å². The second-order valence-corrected chi connectivity index (χ2v) is 6.34. The number of nitrogens with one attached hydrogen (secondary N) is 1. The summed E-state index contributed by atoms with van der Waals surface area (Å²) < 4.78 is 13.8. The first kappa shape index (κ1) is 16.8. The van der Waals surface area contributed by atoms with Gasteiger partial charge in [-0.25, -0.2) is 9.37 Å². The van der Waals surface area contributed by atoms with Crippen LogP contribution in [0.2, 0.25) is 0 Å². The Hall–Kier alpha value is -2.08. The van der Waals surface area contributed by atoms with Crippen molar-refractivity contribution in [2.45, 2.75) is 19.0 Å². The molecule has 0 bridgehead atoms. The standard InChI is InChI=1S/C19H19FN2OS/c20-17-9-5-4-8-16(17)19-22-15(13-24-19)12-21-18(10-11-23)14-6-2-1-3-7-14/h1-9,13,18,21,23H,10-12H2. The van der Waals surface area contributed by atoms with E-state index < -0.39 is 0 Å². The number of halogens is 1. The number of hydrogen-bond acceptors (Lipinski definition) is 4. The van der Waals surface area contributed by atoms with Crippen LogP contribution in [0.1, 0.15) is 23.7 Å². The van der Waals surface area contributed by atoms with Gasteiger partial charge in [-0.2, -0.15) is 0 Å². The zero-order chi connectivity index (χ0) is 16.8. The van der Waals surface area contributed by atoms with E-state index in [1.165, 1.54) is 17.4 Å². The van der Waals surface area contributed by atoms with Crippen LogP contribution in [-0.2, 0) is 6.54 Å². The predicted molar refractivity (Wildman–Crippen MR) is 95.2 cm³/mol. The maximum Gasteiger partial charge on any atom is 0.133 e. The summed E-state index contributed by atoms with van der Waals surface area (Å²) in [4.78, 5) is 4.52. The van der Waals surface area contributed by atoms with Crippen molar-refractivity contribution < 1.29 is 9.50 Å². The van der Waals surface area contributed by atoms with Crippen LogP contribution >= 0.6 is 11.3 Å². The van der Waals surface area contributed by atoms with E-state index in [1.54, 1.807) is 12.1 Å². The van der Waals surface area contributed by atoms with Gasteiger partial charge in [-0.05, 0) is 24.1 Å². The lowest BCUT2D eigenvalue weighted by atomic mass is 10.0. The average molecular weight is 342 g/mol. The van der Waals surface area contributed by atoms with Gasteiger partial charge in [-0.1, -0.05) is 42.5 Å². The van der Waals surface area contributed by atoms with E-state index in [0.717, 1.165) is 11.3 Å². The minimum absolute atomic E-state index is 0.0646. The topological polar surface area (TPSA) is 45.1 Å². The molecular formula is C19H19FN2OS. The van der Waals surface area contributed by atoms with Crippen molar-refractivity contribution in [3.63, 3.8) is 0 Å². The van der Waals surface area contributed by atoms with Gasteiger partial charge in [0.1, 0.15) is 10.8 Å². The monoisotopic (exact) mass is 342 g/mol. The van der Waals surface area contributed by atoms with Crippen molar-refractivity contribution in [1.29, 1.82) is 0 Å². The average Bonchev–Trinajstić information content (AvgIpc) is 3.08. The highest BCUT2D eigenvalue weighted by molar-refractivity contribution is 7.13. The minimum atomic E-state index is -0.256. The number of benzene rings is 2. The number of rotatable bonds is 7. The number of thiazole rings is 1. The summed E-state index contributed by atoms with van der Waals surface area (Å²) in [5, 5.41) is 15.3. The lowest BCUT2D eigenvalue weighted by Gasteiger charge is -2.17. The normalized spacial score (nSPS) is 12.2. The van der Waals surface area contributed by atoms with Crippen LogP contribution in [0.25, 0.3) is 10.6 Å². The maximum absolute atomic E-state index is 13.8. The zero-order valence-electron chi connectivity index (χ0n) is 13.2. The van der Waals surface area contributed by atoms with Crippen molar-refractivity contribution in [2.75, 3.05) is 6.61 Å². The molecule has 0 fully saturated rings. The van der Waals surface area contributed by atoms with E-state index in [0.29, 0.717) is 23.5 Å². The first-order valence-electron chi connectivity index (χ1n) is 7.86. The van der Waals surface area contributed by atoms with E-state index in [9.17, 15) is 9.50 Å². The Labute approximate surface area is 144 Å². The third kappa shape index (κ3) is 4.06. The summed E-state index contributed by atoms with van der Waals surface area (Å²) in [6.45, 7) is 0.689. The molecule has 24 heavy (non-hydrogen) atoms. The van der Waals surface area contributed by atoms with Crippen LogP contribution in [0.3, 0.4) is 0 Å². The smallest absolute Gasteiger partial charge is 0.133 e. The molecule has 5 heteroatoms. The molecule has 0 aliphatic rings. The molecule has 3 aromatic rings. The molecule has 124 valence electrons. The van der Waals surface area contributed by atoms with Crippen LogP contribution in [0.4, 0.5) is 4.39 Å². The second kappa shape index (κ2) is 8.15. The van der Waals surface area contributed by atoms with Crippen molar-refractivity contribution in [3.8, 4) is 10.6 Å². The van der Waals surface area contributed by atoms with Crippen molar-refractivity contribution >= 4 is 11.3 Å². The third-order valence-corrected chi connectivity index (χ3v) is 4.73. The van der Waals surface area contributed by atoms with Crippen LogP contribution < -0.4 is 5.32 Å². The summed E-state index contributed by atoms with van der Waals surface area (Å²) in [5.74, 6) is -0.256. The molecule has 1 heterocycles. The Morgan fingerprint density at radius 2 is 1.83 bits per heavy atom. The first-order valence-corrected chi connectivity index (χ1v) is 8.74. The van der Waals surface area contributed by atoms with Crippen molar-refractivity contribution in [3.05, 3.63) is 77.1 Å². The number of aromatic nitrogens is 1. The lowest BCUT2D eigenvalue weighted by Crippen LogP contribution is -2.22. The molecule has 0 aliphatic carbocycles. The second-order valence-electron chi connectivity index (χ2n) is 5.48. The SMILES string of the molecule is OCCC(NCc1csc(-c2ccccc2F)n1)c1ccccc1. The van der Waals surface area contributed by atoms with Gasteiger partial charge in [0.25, 0.3) is 0 Å². The van der Waals surface area contributed by atoms with Crippen LogP contribution in [0.15, 0.2) is 60.0 Å². The van der Waals surface area contributed by atoms with E-state index >= 15 is 0 Å². The highest BCUT2D eigenvalue weighted by atomic mass is 32.1. The Balaban J connectivity index is 1.69. The van der Waals surface area contributed by atoms with Gasteiger partial charge in [0.05, 0.1) is 5.69 Å². The number of hydrogen-bond donors (Lipinski definition) is 2. The number of nitrogens with zero attached hydrogens (tertiary/aromatic N) is 1. The molecule has 1 atom stereocenters. The molecule has 3 rings (SSSR count). The van der Waals surface area contributed by atoms with E-state index in [-0.39, 0.29) is 18.5 Å².